The molecular formula is C12H11KN2O3. The van der Waals surface area contributed by atoms with E-state index in [1.165, 1.54) is 7.11 Å². The molecule has 0 saturated heterocycles. The average molecular weight is 270 g/mol. The van der Waals surface area contributed by atoms with Gasteiger partial charge in [0.2, 0.25) is 0 Å². The van der Waals surface area contributed by atoms with Crippen molar-refractivity contribution in [1.29, 1.82) is 0 Å². The number of ether oxygens (including phenoxy) is 1. The summed E-state index contributed by atoms with van der Waals surface area (Å²) in [6.07, 6.45) is 2.44. The van der Waals surface area contributed by atoms with Crippen LogP contribution in [-0.2, 0) is 9.53 Å². The molecule has 2 aromatic rings. The van der Waals surface area contributed by atoms with Crippen molar-refractivity contribution in [2.75, 3.05) is 7.11 Å². The van der Waals surface area contributed by atoms with Gasteiger partial charge in [-0.3, -0.25) is 0 Å². The maximum atomic E-state index is 10.8. The predicted molar refractivity (Wildman–Crippen MR) is 58.3 cm³/mol. The van der Waals surface area contributed by atoms with Gasteiger partial charge in [0, 0.05) is 19.5 Å². The maximum Gasteiger partial charge on any atom is 1.00 e. The Morgan fingerprint density at radius 3 is 2.50 bits per heavy atom. The van der Waals surface area contributed by atoms with E-state index in [1.807, 2.05) is 12.3 Å². The molecule has 5 nitrogen and oxygen atoms in total. The molecule has 6 heteroatoms. The van der Waals surface area contributed by atoms with Gasteiger partial charge in [-0.05, 0) is 23.8 Å². The van der Waals surface area contributed by atoms with E-state index >= 15 is 0 Å². The van der Waals surface area contributed by atoms with Crippen molar-refractivity contribution >= 4 is 5.97 Å². The van der Waals surface area contributed by atoms with Crippen LogP contribution in [0.2, 0.25) is 0 Å². The standard InChI is InChI=1S/C12H12N2O3.K/c1-17-11(12(15)16)9-3-5-10(6-4-9)14-8-2-7-13-14;/h2-8,11H,1H3,(H,15,16);/q;+1/p-1. The van der Waals surface area contributed by atoms with E-state index in [0.29, 0.717) is 5.56 Å². The van der Waals surface area contributed by atoms with Gasteiger partial charge in [-0.25, -0.2) is 4.68 Å². The van der Waals surface area contributed by atoms with Crippen molar-refractivity contribution in [2.24, 2.45) is 0 Å². The molecule has 18 heavy (non-hydrogen) atoms. The van der Waals surface area contributed by atoms with Crippen molar-refractivity contribution in [3.8, 4) is 5.69 Å². The van der Waals surface area contributed by atoms with Crippen LogP contribution in [0.25, 0.3) is 5.69 Å². The minimum atomic E-state index is -1.25. The van der Waals surface area contributed by atoms with Gasteiger partial charge in [0.05, 0.1) is 11.7 Å². The van der Waals surface area contributed by atoms with Gasteiger partial charge in [-0.1, -0.05) is 12.1 Å². The smallest absolute Gasteiger partial charge is 0.547 e. The van der Waals surface area contributed by atoms with Gasteiger partial charge in [-0.2, -0.15) is 5.10 Å². The molecule has 0 spiro atoms. The third-order valence-corrected chi connectivity index (χ3v) is 2.41. The van der Waals surface area contributed by atoms with E-state index in [2.05, 4.69) is 5.10 Å². The Morgan fingerprint density at radius 2 is 2.06 bits per heavy atom. The first-order valence-corrected chi connectivity index (χ1v) is 5.06. The number of carbonyl (C=O) groups excluding carboxylic acids is 1. The Kier molecular flexibility index (Phi) is 6.20. The SMILES string of the molecule is COC(C(=O)[O-])c1ccc(-n2cccn2)cc1.[K+]. The molecule has 0 amide bonds. The minimum absolute atomic E-state index is 0. The van der Waals surface area contributed by atoms with Crippen LogP contribution in [0.15, 0.2) is 42.7 Å². The van der Waals surface area contributed by atoms with Gasteiger partial charge in [0.25, 0.3) is 0 Å². The molecule has 0 saturated carbocycles. The fourth-order valence-electron chi connectivity index (χ4n) is 1.59. The molecule has 88 valence electrons. The van der Waals surface area contributed by atoms with Crippen LogP contribution in [0.4, 0.5) is 0 Å². The molecule has 0 aliphatic heterocycles. The van der Waals surface area contributed by atoms with Gasteiger partial charge >= 0.3 is 51.4 Å². The fraction of sp³-hybridized carbons (Fsp3) is 0.167. The molecule has 1 unspecified atom stereocenters. The number of nitrogens with zero attached hydrogens (tertiary/aromatic N) is 2. The number of aromatic nitrogens is 2. The van der Waals surface area contributed by atoms with Gasteiger partial charge in [0.1, 0.15) is 6.10 Å². The maximum absolute atomic E-state index is 10.8. The van der Waals surface area contributed by atoms with Crippen molar-refractivity contribution < 1.29 is 66.0 Å². The predicted octanol–water partition coefficient (Wildman–Crippen LogP) is -2.69. The topological polar surface area (TPSA) is 67.2 Å². The van der Waals surface area contributed by atoms with E-state index in [4.69, 9.17) is 4.74 Å². The Labute approximate surface area is 147 Å². The molecule has 2 rings (SSSR count). The minimum Gasteiger partial charge on any atom is -0.547 e. The average Bonchev–Trinajstić information content (AvgIpc) is 2.84. The summed E-state index contributed by atoms with van der Waals surface area (Å²) in [4.78, 5) is 10.8. The number of carboxylic acids is 1. The monoisotopic (exact) mass is 270 g/mol. The summed E-state index contributed by atoms with van der Waals surface area (Å²) in [5.41, 5.74) is 1.40. The normalized spacial score (nSPS) is 11.6. The van der Waals surface area contributed by atoms with E-state index in [0.717, 1.165) is 5.69 Å². The van der Waals surface area contributed by atoms with Gasteiger partial charge < -0.3 is 14.6 Å². The number of methoxy groups -OCH3 is 1. The zero-order valence-electron chi connectivity index (χ0n) is 10.2. The summed E-state index contributed by atoms with van der Waals surface area (Å²) in [5, 5.41) is 14.9. The Balaban J connectivity index is 0.00000162. The first-order chi connectivity index (χ1) is 8.22. The van der Waals surface area contributed by atoms with Crippen LogP contribution < -0.4 is 56.5 Å². The Morgan fingerprint density at radius 1 is 1.39 bits per heavy atom. The van der Waals surface area contributed by atoms with Crippen LogP contribution >= 0.6 is 0 Å². The number of aliphatic carboxylic acids is 1. The number of hydrogen-bond donors (Lipinski definition) is 0. The van der Waals surface area contributed by atoms with Crippen molar-refractivity contribution in [3.63, 3.8) is 0 Å². The van der Waals surface area contributed by atoms with E-state index in [9.17, 15) is 9.90 Å². The van der Waals surface area contributed by atoms with E-state index in [-0.39, 0.29) is 51.4 Å². The molecule has 0 radical (unpaired) electrons. The van der Waals surface area contributed by atoms with Crippen LogP contribution in [0.1, 0.15) is 11.7 Å². The second-order valence-electron chi connectivity index (χ2n) is 3.48. The zero-order valence-corrected chi connectivity index (χ0v) is 13.4. The van der Waals surface area contributed by atoms with Crippen molar-refractivity contribution in [1.82, 2.24) is 9.78 Å². The van der Waals surface area contributed by atoms with Gasteiger partial charge in [0.15, 0.2) is 0 Å². The number of carboxylic acid groups (broad SMARTS) is 1. The third-order valence-electron chi connectivity index (χ3n) is 2.41. The molecule has 1 aromatic carbocycles. The van der Waals surface area contributed by atoms with E-state index < -0.39 is 12.1 Å². The van der Waals surface area contributed by atoms with Crippen molar-refractivity contribution in [2.45, 2.75) is 6.10 Å². The number of hydrogen-bond acceptors (Lipinski definition) is 4. The molecule has 1 aromatic heterocycles. The van der Waals surface area contributed by atoms with E-state index in [1.54, 1.807) is 35.1 Å². The number of carbonyl (C=O) groups is 1. The van der Waals surface area contributed by atoms with Crippen LogP contribution in [-0.4, -0.2) is 22.9 Å². The Hall–Kier alpha value is -0.504. The first kappa shape index (κ1) is 15.6. The Bertz CT molecular complexity index is 497. The summed E-state index contributed by atoms with van der Waals surface area (Å²) < 4.78 is 6.53. The summed E-state index contributed by atoms with van der Waals surface area (Å²) >= 11 is 0. The summed E-state index contributed by atoms with van der Waals surface area (Å²) in [6, 6.07) is 8.73. The zero-order chi connectivity index (χ0) is 12.3. The number of benzene rings is 1. The summed E-state index contributed by atoms with van der Waals surface area (Å²) in [7, 11) is 1.34. The molecular weight excluding hydrogens is 259 g/mol. The largest absolute Gasteiger partial charge is 1.00 e. The molecule has 0 aliphatic rings. The molecule has 0 N–H and O–H groups in total. The van der Waals surface area contributed by atoms with Crippen LogP contribution in [0.5, 0.6) is 0 Å². The van der Waals surface area contributed by atoms with Gasteiger partial charge in [-0.15, -0.1) is 0 Å². The van der Waals surface area contributed by atoms with Crippen LogP contribution in [0, 0.1) is 0 Å². The summed E-state index contributed by atoms with van der Waals surface area (Å²) in [5.74, 6) is -1.25. The second kappa shape index (κ2) is 7.18. The first-order valence-electron chi connectivity index (χ1n) is 5.06. The molecule has 0 fully saturated rings. The number of rotatable bonds is 4. The van der Waals surface area contributed by atoms with Crippen molar-refractivity contribution in [3.05, 3.63) is 48.3 Å². The fourth-order valence-corrected chi connectivity index (χ4v) is 1.59. The molecule has 1 atom stereocenters. The van der Waals surface area contributed by atoms with Crippen LogP contribution in [0.3, 0.4) is 0 Å². The summed E-state index contributed by atoms with van der Waals surface area (Å²) in [6.45, 7) is 0. The quantitative estimate of drug-likeness (QED) is 0.568. The molecule has 1 heterocycles. The molecule has 0 bridgehead atoms. The second-order valence-corrected chi connectivity index (χ2v) is 3.48. The molecule has 0 aliphatic carbocycles. The third kappa shape index (κ3) is 3.50.